The molecule has 1 unspecified atom stereocenters. The molecule has 0 radical (unpaired) electrons. The van der Waals surface area contributed by atoms with Gasteiger partial charge in [-0.25, -0.2) is 4.57 Å². The summed E-state index contributed by atoms with van der Waals surface area (Å²) in [6, 6.07) is 0.249. The average Bonchev–Trinajstić information content (AvgIpc) is 2.70. The van der Waals surface area contributed by atoms with Crippen LogP contribution in [-0.2, 0) is 13.6 Å². The Morgan fingerprint density at radius 3 is 1.71 bits per heavy atom. The maximum Gasteiger partial charge on any atom is 0.472 e. The monoisotopic (exact) mass is 462 g/mol. The minimum absolute atomic E-state index is 0.194. The van der Waals surface area contributed by atoms with Crippen LogP contribution in [0.1, 0.15) is 122 Å². The molecule has 31 heavy (non-hydrogen) atoms. The van der Waals surface area contributed by atoms with Gasteiger partial charge in [-0.3, -0.25) is 9.05 Å². The Balaban J connectivity index is 2.00. The highest BCUT2D eigenvalue weighted by atomic mass is 31.2. The number of phosphoric ester groups is 1. The topological polar surface area (TPSA) is 55.8 Å². The highest BCUT2D eigenvalue weighted by Gasteiger charge is 2.40. The van der Waals surface area contributed by atoms with Crippen LogP contribution in [0, 0.1) is 0 Å². The molecule has 1 aliphatic rings. The van der Waals surface area contributed by atoms with Crippen molar-refractivity contribution in [1.29, 1.82) is 0 Å². The Kier molecular flexibility index (Phi) is 15.6. The summed E-state index contributed by atoms with van der Waals surface area (Å²) in [7, 11) is 2.42. The second-order valence-corrected chi connectivity index (χ2v) is 11.9. The Labute approximate surface area is 193 Å². The zero-order valence-corrected chi connectivity index (χ0v) is 22.1. The van der Waals surface area contributed by atoms with Crippen molar-refractivity contribution in [3.63, 3.8) is 0 Å². The van der Waals surface area contributed by atoms with Gasteiger partial charge in [0.15, 0.2) is 0 Å². The van der Waals surface area contributed by atoms with Crippen molar-refractivity contribution in [1.82, 2.24) is 0 Å². The van der Waals surface area contributed by atoms with E-state index in [1.54, 1.807) is 0 Å². The van der Waals surface area contributed by atoms with Crippen molar-refractivity contribution < 1.29 is 23.0 Å². The highest BCUT2D eigenvalue weighted by Crippen LogP contribution is 2.47. The van der Waals surface area contributed by atoms with Gasteiger partial charge in [0, 0.05) is 6.42 Å². The van der Waals surface area contributed by atoms with Crippen molar-refractivity contribution in [2.75, 3.05) is 27.7 Å². The summed E-state index contributed by atoms with van der Waals surface area (Å²) in [5.41, 5.74) is 0. The fraction of sp³-hybridized carbons (Fsp3) is 1.00. The molecule has 0 spiro atoms. The van der Waals surface area contributed by atoms with Crippen molar-refractivity contribution in [2.45, 2.75) is 135 Å². The number of hydrogen-bond acceptors (Lipinski definition) is 3. The zero-order valence-electron chi connectivity index (χ0n) is 21.2. The van der Waals surface area contributed by atoms with E-state index in [9.17, 15) is 9.46 Å². The zero-order chi connectivity index (χ0) is 23.0. The third-order valence-electron chi connectivity index (χ3n) is 6.68. The third-order valence-corrected chi connectivity index (χ3v) is 7.73. The van der Waals surface area contributed by atoms with Crippen LogP contribution in [0.15, 0.2) is 0 Å². The molecule has 5 nitrogen and oxygen atoms in total. The third kappa shape index (κ3) is 14.8. The van der Waals surface area contributed by atoms with Gasteiger partial charge < -0.3 is 9.38 Å². The molecular formula is C25H53NO4P+. The molecule has 1 saturated carbocycles. The molecular weight excluding hydrogens is 409 g/mol. The Morgan fingerprint density at radius 2 is 1.23 bits per heavy atom. The normalized spacial score (nSPS) is 21.8. The van der Waals surface area contributed by atoms with E-state index in [1.807, 2.05) is 0 Å². The average molecular weight is 463 g/mol. The lowest BCUT2D eigenvalue weighted by atomic mass is 9.91. The molecule has 1 N–H and O–H groups in total. The fourth-order valence-corrected chi connectivity index (χ4v) is 5.77. The summed E-state index contributed by atoms with van der Waals surface area (Å²) in [6.07, 6.45) is 22.0. The second kappa shape index (κ2) is 16.6. The SMILES string of the molecule is CCCCCCCCCCCCCCCCOP(=O)(O)O[C@@H]1CCCC[C@H]1[N+](C)(C)C. The van der Waals surface area contributed by atoms with Crippen molar-refractivity contribution in [3.05, 3.63) is 0 Å². The number of phosphoric acid groups is 1. The number of likely N-dealkylation sites (N-methyl/N-ethyl adjacent to an activating group) is 1. The molecule has 6 heteroatoms. The lowest BCUT2D eigenvalue weighted by Gasteiger charge is -2.41. The molecule has 1 fully saturated rings. The van der Waals surface area contributed by atoms with Crippen molar-refractivity contribution in [2.24, 2.45) is 0 Å². The Hall–Kier alpha value is 0.0700. The standard InChI is InChI=1S/C25H52NO4P/c1-5-6-7-8-9-10-11-12-13-14-15-16-17-20-23-29-31(27,28)30-25-22-19-18-21-24(25)26(2,3)4/h24-25H,5-23H2,1-4H3/p+1/t24-,25-/m1/s1. The van der Waals surface area contributed by atoms with Crippen molar-refractivity contribution >= 4 is 7.82 Å². The summed E-state index contributed by atoms with van der Waals surface area (Å²) in [6.45, 7) is 2.58. The maximum atomic E-state index is 12.4. The molecule has 1 rings (SSSR count). The van der Waals surface area contributed by atoms with E-state index in [2.05, 4.69) is 28.1 Å². The lowest BCUT2D eigenvalue weighted by molar-refractivity contribution is -0.900. The molecule has 0 aromatic heterocycles. The van der Waals surface area contributed by atoms with Gasteiger partial charge in [0.25, 0.3) is 0 Å². The van der Waals surface area contributed by atoms with E-state index in [1.165, 1.54) is 77.0 Å². The summed E-state index contributed by atoms with van der Waals surface area (Å²) in [5, 5.41) is 0. The lowest BCUT2D eigenvalue weighted by Crippen LogP contribution is -2.53. The largest absolute Gasteiger partial charge is 0.472 e. The predicted molar refractivity (Wildman–Crippen MR) is 131 cm³/mol. The van der Waals surface area contributed by atoms with Crippen LogP contribution in [-0.4, -0.2) is 49.3 Å². The van der Waals surface area contributed by atoms with Crippen LogP contribution < -0.4 is 0 Å². The van der Waals surface area contributed by atoms with E-state index >= 15 is 0 Å². The molecule has 1 aliphatic carbocycles. The molecule has 3 atom stereocenters. The number of quaternary nitrogens is 1. The molecule has 186 valence electrons. The number of rotatable bonds is 19. The number of hydrogen-bond donors (Lipinski definition) is 1. The van der Waals surface area contributed by atoms with E-state index in [-0.39, 0.29) is 12.1 Å². The fourth-order valence-electron chi connectivity index (χ4n) is 4.76. The number of nitrogens with zero attached hydrogens (tertiary/aromatic N) is 1. The van der Waals surface area contributed by atoms with Crippen LogP contribution in [0.5, 0.6) is 0 Å². The summed E-state index contributed by atoms with van der Waals surface area (Å²) >= 11 is 0. The highest BCUT2D eigenvalue weighted by molar-refractivity contribution is 7.47. The smallest absolute Gasteiger partial charge is 0.326 e. The minimum atomic E-state index is -3.96. The van der Waals surface area contributed by atoms with Crippen LogP contribution in [0.4, 0.5) is 0 Å². The van der Waals surface area contributed by atoms with Crippen molar-refractivity contribution in [3.8, 4) is 0 Å². The van der Waals surface area contributed by atoms with Gasteiger partial charge in [0.2, 0.25) is 0 Å². The first-order chi connectivity index (χ1) is 14.8. The number of unbranched alkanes of at least 4 members (excludes halogenated alkanes) is 13. The first kappa shape index (κ1) is 29.1. The summed E-state index contributed by atoms with van der Waals surface area (Å²) in [4.78, 5) is 10.2. The van der Waals surface area contributed by atoms with E-state index in [0.29, 0.717) is 6.61 Å². The van der Waals surface area contributed by atoms with E-state index < -0.39 is 7.82 Å². The second-order valence-electron chi connectivity index (χ2n) is 10.5. The van der Waals surface area contributed by atoms with Crippen LogP contribution >= 0.6 is 7.82 Å². The van der Waals surface area contributed by atoms with E-state index in [4.69, 9.17) is 9.05 Å². The molecule has 0 aliphatic heterocycles. The van der Waals surface area contributed by atoms with Crippen LogP contribution in [0.3, 0.4) is 0 Å². The van der Waals surface area contributed by atoms with Gasteiger partial charge in [-0.15, -0.1) is 0 Å². The van der Waals surface area contributed by atoms with Crippen LogP contribution in [0.2, 0.25) is 0 Å². The maximum absolute atomic E-state index is 12.4. The quantitative estimate of drug-likeness (QED) is 0.122. The minimum Gasteiger partial charge on any atom is -0.326 e. The van der Waals surface area contributed by atoms with Gasteiger partial charge >= 0.3 is 7.82 Å². The van der Waals surface area contributed by atoms with E-state index in [0.717, 1.165) is 43.0 Å². The van der Waals surface area contributed by atoms with Gasteiger partial charge in [0.1, 0.15) is 12.1 Å². The first-order valence-corrected chi connectivity index (χ1v) is 14.7. The van der Waals surface area contributed by atoms with Gasteiger partial charge in [-0.2, -0.15) is 0 Å². The molecule has 0 aromatic carbocycles. The van der Waals surface area contributed by atoms with Gasteiger partial charge in [-0.05, 0) is 19.3 Å². The predicted octanol–water partition coefficient (Wildman–Crippen LogP) is 7.62. The summed E-state index contributed by atoms with van der Waals surface area (Å²) in [5.74, 6) is 0. The Morgan fingerprint density at radius 1 is 0.774 bits per heavy atom. The molecule has 0 heterocycles. The molecule has 0 saturated heterocycles. The van der Waals surface area contributed by atoms with Gasteiger partial charge in [-0.1, -0.05) is 96.8 Å². The Bertz CT molecular complexity index is 481. The first-order valence-electron chi connectivity index (χ1n) is 13.2. The molecule has 0 aromatic rings. The van der Waals surface area contributed by atoms with Gasteiger partial charge in [0.05, 0.1) is 27.7 Å². The molecule has 0 bridgehead atoms. The molecule has 0 amide bonds. The summed E-state index contributed by atoms with van der Waals surface area (Å²) < 4.78 is 24.0. The van der Waals surface area contributed by atoms with Crippen LogP contribution in [0.25, 0.3) is 0 Å².